The molecule has 3 nitrogen and oxygen atoms in total. The van der Waals surface area contributed by atoms with E-state index in [1.54, 1.807) is 6.92 Å². The molecule has 0 aliphatic carbocycles. The van der Waals surface area contributed by atoms with Crippen LogP contribution in [0.3, 0.4) is 0 Å². The molecule has 3 heteroatoms. The van der Waals surface area contributed by atoms with Gasteiger partial charge in [-0.3, -0.25) is 4.79 Å². The maximum Gasteiger partial charge on any atom is 0.251 e. The fourth-order valence-corrected chi connectivity index (χ4v) is 2.51. The Morgan fingerprint density at radius 3 is 2.36 bits per heavy atom. The molecule has 1 amide bonds. The number of aliphatic hydroxyl groups is 1. The van der Waals surface area contributed by atoms with Crippen LogP contribution in [0.2, 0.25) is 0 Å². The molecule has 0 aliphatic rings. The van der Waals surface area contributed by atoms with E-state index in [2.05, 4.69) is 11.9 Å². The van der Waals surface area contributed by atoms with Gasteiger partial charge >= 0.3 is 0 Å². The molecule has 0 radical (unpaired) electrons. The zero-order valence-corrected chi connectivity index (χ0v) is 13.0. The highest BCUT2D eigenvalue weighted by Crippen LogP contribution is 2.30. The van der Waals surface area contributed by atoms with Crippen LogP contribution in [0.15, 0.2) is 66.7 Å². The summed E-state index contributed by atoms with van der Waals surface area (Å²) in [5, 5.41) is 13.5. The van der Waals surface area contributed by atoms with Crippen LogP contribution in [0.25, 0.3) is 0 Å². The molecule has 2 aromatic rings. The van der Waals surface area contributed by atoms with Crippen molar-refractivity contribution in [3.05, 3.63) is 77.9 Å². The van der Waals surface area contributed by atoms with Crippen LogP contribution in [-0.4, -0.2) is 11.0 Å². The topological polar surface area (TPSA) is 49.3 Å². The van der Waals surface area contributed by atoms with E-state index >= 15 is 0 Å². The maximum atomic E-state index is 12.2. The van der Waals surface area contributed by atoms with Crippen LogP contribution in [-0.2, 0) is 10.4 Å². The third kappa shape index (κ3) is 3.83. The second-order valence-corrected chi connectivity index (χ2v) is 5.69. The van der Waals surface area contributed by atoms with Gasteiger partial charge in [-0.05, 0) is 37.1 Å². The number of amides is 1. The Kier molecular flexibility index (Phi) is 4.78. The van der Waals surface area contributed by atoms with Crippen LogP contribution in [0.5, 0.6) is 0 Å². The second kappa shape index (κ2) is 6.58. The summed E-state index contributed by atoms with van der Waals surface area (Å²) in [6, 6.07) is 16.8. The Morgan fingerprint density at radius 2 is 1.73 bits per heavy atom. The van der Waals surface area contributed by atoms with Gasteiger partial charge in [-0.15, -0.1) is 0 Å². The number of carbonyl (C=O) groups is 1. The average Bonchev–Trinajstić information content (AvgIpc) is 2.48. The van der Waals surface area contributed by atoms with E-state index in [1.165, 1.54) is 0 Å². The number of para-hydroxylation sites is 1. The average molecular weight is 295 g/mol. The van der Waals surface area contributed by atoms with Crippen LogP contribution in [0, 0.1) is 6.92 Å². The van der Waals surface area contributed by atoms with Gasteiger partial charge in [0.1, 0.15) is 0 Å². The number of benzene rings is 2. The molecule has 1 atom stereocenters. The third-order valence-electron chi connectivity index (χ3n) is 3.64. The van der Waals surface area contributed by atoms with Crippen molar-refractivity contribution in [1.29, 1.82) is 0 Å². The first-order chi connectivity index (χ1) is 10.4. The Labute approximate surface area is 131 Å². The Morgan fingerprint density at radius 1 is 1.14 bits per heavy atom. The molecule has 0 saturated heterocycles. The molecule has 22 heavy (non-hydrogen) atoms. The highest BCUT2D eigenvalue weighted by molar-refractivity contribution is 6.03. The molecule has 114 valence electrons. The number of aryl methyl sites for hydroxylation is 1. The summed E-state index contributed by atoms with van der Waals surface area (Å²) in [6.07, 6.45) is 0.177. The molecule has 0 aliphatic heterocycles. The van der Waals surface area contributed by atoms with Crippen LogP contribution < -0.4 is 5.32 Å². The van der Waals surface area contributed by atoms with Crippen molar-refractivity contribution in [1.82, 2.24) is 0 Å². The summed E-state index contributed by atoms with van der Waals surface area (Å²) in [5.74, 6) is -0.278. The van der Waals surface area contributed by atoms with E-state index in [9.17, 15) is 9.90 Å². The number of nitrogens with one attached hydrogen (secondary N) is 1. The lowest BCUT2D eigenvalue weighted by molar-refractivity contribution is -0.113. The van der Waals surface area contributed by atoms with Crippen molar-refractivity contribution in [3.8, 4) is 0 Å². The van der Waals surface area contributed by atoms with Gasteiger partial charge in [-0.2, -0.15) is 0 Å². The summed E-state index contributed by atoms with van der Waals surface area (Å²) in [6.45, 7) is 7.46. The predicted molar refractivity (Wildman–Crippen MR) is 89.6 cm³/mol. The molecule has 2 aromatic carbocycles. The second-order valence-electron chi connectivity index (χ2n) is 5.69. The molecule has 0 fully saturated rings. The van der Waals surface area contributed by atoms with Gasteiger partial charge < -0.3 is 10.4 Å². The van der Waals surface area contributed by atoms with Crippen molar-refractivity contribution < 1.29 is 9.90 Å². The normalized spacial score (nSPS) is 13.2. The molecular weight excluding hydrogens is 274 g/mol. The first kappa shape index (κ1) is 16.0. The highest BCUT2D eigenvalue weighted by atomic mass is 16.3. The van der Waals surface area contributed by atoms with E-state index in [0.29, 0.717) is 11.3 Å². The molecule has 2 rings (SSSR count). The Hall–Kier alpha value is -2.39. The van der Waals surface area contributed by atoms with E-state index in [-0.39, 0.29) is 12.3 Å². The minimum Gasteiger partial charge on any atom is -0.385 e. The third-order valence-corrected chi connectivity index (χ3v) is 3.64. The largest absolute Gasteiger partial charge is 0.385 e. The highest BCUT2D eigenvalue weighted by Gasteiger charge is 2.27. The molecule has 0 aromatic heterocycles. The smallest absolute Gasteiger partial charge is 0.251 e. The quantitative estimate of drug-likeness (QED) is 0.825. The molecule has 2 N–H and O–H groups in total. The summed E-state index contributed by atoms with van der Waals surface area (Å²) in [7, 11) is 0. The van der Waals surface area contributed by atoms with Crippen molar-refractivity contribution in [2.45, 2.75) is 25.9 Å². The Balaban J connectivity index is 2.07. The summed E-state index contributed by atoms with van der Waals surface area (Å²) < 4.78 is 0. The van der Waals surface area contributed by atoms with Gasteiger partial charge in [0.25, 0.3) is 5.91 Å². The van der Waals surface area contributed by atoms with Crippen molar-refractivity contribution in [2.75, 3.05) is 5.32 Å². The SMILES string of the molecule is C=C(C[C@@](C)(O)c1ccccc1C)C(=O)Nc1ccccc1. The van der Waals surface area contributed by atoms with E-state index in [1.807, 2.05) is 61.5 Å². The molecule has 0 bridgehead atoms. The van der Waals surface area contributed by atoms with Gasteiger partial charge in [0.2, 0.25) is 0 Å². The Bertz CT molecular complexity index is 675. The van der Waals surface area contributed by atoms with Crippen LogP contribution in [0.1, 0.15) is 24.5 Å². The first-order valence-electron chi connectivity index (χ1n) is 7.23. The summed E-state index contributed by atoms with van der Waals surface area (Å²) in [5.41, 5.74) is 1.73. The molecular formula is C19H21NO2. The lowest BCUT2D eigenvalue weighted by Crippen LogP contribution is -2.26. The fraction of sp³-hybridized carbons (Fsp3) is 0.211. The lowest BCUT2D eigenvalue weighted by Gasteiger charge is -2.26. The van der Waals surface area contributed by atoms with Crippen molar-refractivity contribution >= 4 is 11.6 Å². The number of anilines is 1. The number of hydrogen-bond donors (Lipinski definition) is 2. The molecule has 0 heterocycles. The van der Waals surface area contributed by atoms with E-state index in [4.69, 9.17) is 0 Å². The first-order valence-corrected chi connectivity index (χ1v) is 7.23. The summed E-state index contributed by atoms with van der Waals surface area (Å²) in [4.78, 5) is 12.2. The van der Waals surface area contributed by atoms with E-state index in [0.717, 1.165) is 11.1 Å². The number of rotatable bonds is 5. The lowest BCUT2D eigenvalue weighted by atomic mass is 9.86. The summed E-state index contributed by atoms with van der Waals surface area (Å²) >= 11 is 0. The minimum absolute atomic E-state index is 0.177. The van der Waals surface area contributed by atoms with Gasteiger partial charge in [-0.25, -0.2) is 0 Å². The zero-order chi connectivity index (χ0) is 16.2. The molecule has 0 unspecified atom stereocenters. The van der Waals surface area contributed by atoms with Crippen molar-refractivity contribution in [3.63, 3.8) is 0 Å². The van der Waals surface area contributed by atoms with Gasteiger partial charge in [-0.1, -0.05) is 49.0 Å². The van der Waals surface area contributed by atoms with Gasteiger partial charge in [0.15, 0.2) is 0 Å². The number of carbonyl (C=O) groups excluding carboxylic acids is 1. The molecule has 0 saturated carbocycles. The minimum atomic E-state index is -1.13. The zero-order valence-electron chi connectivity index (χ0n) is 13.0. The number of hydrogen-bond acceptors (Lipinski definition) is 2. The van der Waals surface area contributed by atoms with E-state index < -0.39 is 5.60 Å². The fourth-order valence-electron chi connectivity index (χ4n) is 2.51. The predicted octanol–water partition coefficient (Wildman–Crippen LogP) is 3.79. The molecule has 0 spiro atoms. The van der Waals surface area contributed by atoms with Gasteiger partial charge in [0, 0.05) is 17.7 Å². The van der Waals surface area contributed by atoms with Crippen LogP contribution >= 0.6 is 0 Å². The maximum absolute atomic E-state index is 12.2. The van der Waals surface area contributed by atoms with Crippen LogP contribution in [0.4, 0.5) is 5.69 Å². The van der Waals surface area contributed by atoms with Crippen molar-refractivity contribution in [2.24, 2.45) is 0 Å². The monoisotopic (exact) mass is 295 g/mol. The van der Waals surface area contributed by atoms with Gasteiger partial charge in [0.05, 0.1) is 5.60 Å². The standard InChI is InChI=1S/C19H21NO2/c1-14-9-7-8-12-17(14)19(3,22)13-15(2)18(21)20-16-10-5-4-6-11-16/h4-12,22H,2,13H2,1,3H3,(H,20,21)/t19-/m1/s1.